The predicted molar refractivity (Wildman–Crippen MR) is 140 cm³/mol. The lowest BCUT2D eigenvalue weighted by Crippen LogP contribution is -2.30. The van der Waals surface area contributed by atoms with Gasteiger partial charge in [0.05, 0.1) is 0 Å². The van der Waals surface area contributed by atoms with Crippen molar-refractivity contribution in [3.63, 3.8) is 0 Å². The third-order valence-corrected chi connectivity index (χ3v) is 6.70. The summed E-state index contributed by atoms with van der Waals surface area (Å²) in [6.45, 7) is 1.85. The van der Waals surface area contributed by atoms with Crippen molar-refractivity contribution in [3.8, 4) is 0 Å². The van der Waals surface area contributed by atoms with Gasteiger partial charge in [0.2, 0.25) is 0 Å². The van der Waals surface area contributed by atoms with Crippen LogP contribution in [0.2, 0.25) is 0 Å². The van der Waals surface area contributed by atoms with Crippen molar-refractivity contribution in [3.05, 3.63) is 144 Å². The fourth-order valence-electron chi connectivity index (χ4n) is 4.96. The molecule has 1 fully saturated rings. The summed E-state index contributed by atoms with van der Waals surface area (Å²) in [6.07, 6.45) is 6.68. The van der Waals surface area contributed by atoms with E-state index in [9.17, 15) is 0 Å². The fraction of sp³-hybridized carbons (Fsp3) is 0.250. The van der Waals surface area contributed by atoms with E-state index < -0.39 is 0 Å². The molecule has 1 aliphatic carbocycles. The van der Waals surface area contributed by atoms with Crippen LogP contribution in [0, 0.1) is 0 Å². The quantitative estimate of drug-likeness (QED) is 0.326. The molecular formula is C32H35N. The second kappa shape index (κ2) is 12.2. The molecule has 0 amide bonds. The van der Waals surface area contributed by atoms with E-state index in [1.54, 1.807) is 0 Å². The summed E-state index contributed by atoms with van der Waals surface area (Å²) in [5, 5.41) is 3.42. The molecule has 0 atom stereocenters. The van der Waals surface area contributed by atoms with Crippen LogP contribution in [-0.4, -0.2) is 0 Å². The maximum absolute atomic E-state index is 3.42. The first-order valence-electron chi connectivity index (χ1n) is 12.3. The Labute approximate surface area is 199 Å². The van der Waals surface area contributed by atoms with Crippen LogP contribution in [0.25, 0.3) is 0 Å². The van der Waals surface area contributed by atoms with E-state index in [0.29, 0.717) is 0 Å². The highest BCUT2D eigenvalue weighted by atomic mass is 14.8. The molecule has 0 aliphatic heterocycles. The molecule has 0 saturated heterocycles. The Morgan fingerprint density at radius 1 is 0.455 bits per heavy atom. The Kier molecular flexibility index (Phi) is 8.49. The Balaban J connectivity index is 0.000000160. The summed E-state index contributed by atoms with van der Waals surface area (Å²) in [7, 11) is 0. The molecule has 1 nitrogen and oxygen atoms in total. The highest BCUT2D eigenvalue weighted by Gasteiger charge is 2.35. The molecule has 0 heterocycles. The van der Waals surface area contributed by atoms with Crippen LogP contribution >= 0.6 is 0 Å². The SMILES string of the molecule is c1ccc(C2(c3ccccc3)CCCCC2)cc1.c1ccc(CNCc2ccccc2)cc1. The predicted octanol–water partition coefficient (Wildman–Crippen LogP) is 7.91. The second-order valence-electron chi connectivity index (χ2n) is 8.95. The van der Waals surface area contributed by atoms with Gasteiger partial charge in [-0.2, -0.15) is 0 Å². The van der Waals surface area contributed by atoms with E-state index in [4.69, 9.17) is 0 Å². The molecule has 1 heteroatoms. The van der Waals surface area contributed by atoms with Gasteiger partial charge in [-0.25, -0.2) is 0 Å². The van der Waals surface area contributed by atoms with Crippen LogP contribution in [0.3, 0.4) is 0 Å². The van der Waals surface area contributed by atoms with Gasteiger partial charge in [-0.1, -0.05) is 141 Å². The van der Waals surface area contributed by atoms with Gasteiger partial charge in [0.1, 0.15) is 0 Å². The zero-order chi connectivity index (χ0) is 22.6. The highest BCUT2D eigenvalue weighted by molar-refractivity contribution is 5.39. The summed E-state index contributed by atoms with van der Waals surface area (Å²) < 4.78 is 0. The lowest BCUT2D eigenvalue weighted by molar-refractivity contribution is 0.346. The van der Waals surface area contributed by atoms with Crippen molar-refractivity contribution in [2.24, 2.45) is 0 Å². The third-order valence-electron chi connectivity index (χ3n) is 6.70. The number of nitrogens with one attached hydrogen (secondary N) is 1. The third kappa shape index (κ3) is 6.43. The minimum atomic E-state index is 0.265. The fourth-order valence-corrected chi connectivity index (χ4v) is 4.96. The first-order valence-corrected chi connectivity index (χ1v) is 12.3. The van der Waals surface area contributed by atoms with E-state index in [1.807, 2.05) is 12.1 Å². The van der Waals surface area contributed by atoms with Gasteiger partial charge in [-0.05, 0) is 35.1 Å². The molecule has 0 radical (unpaired) electrons. The van der Waals surface area contributed by atoms with E-state index >= 15 is 0 Å². The molecule has 168 valence electrons. The average Bonchev–Trinajstić information content (AvgIpc) is 2.92. The zero-order valence-corrected chi connectivity index (χ0v) is 19.5. The van der Waals surface area contributed by atoms with Crippen LogP contribution in [0.5, 0.6) is 0 Å². The smallest absolute Gasteiger partial charge is 0.0208 e. The van der Waals surface area contributed by atoms with Gasteiger partial charge in [0.25, 0.3) is 0 Å². The summed E-state index contributed by atoms with van der Waals surface area (Å²) in [5.74, 6) is 0. The summed E-state index contributed by atoms with van der Waals surface area (Å²) >= 11 is 0. The molecule has 1 N–H and O–H groups in total. The summed E-state index contributed by atoms with van der Waals surface area (Å²) in [4.78, 5) is 0. The van der Waals surface area contributed by atoms with Crippen LogP contribution in [0.4, 0.5) is 0 Å². The molecule has 5 rings (SSSR count). The van der Waals surface area contributed by atoms with Gasteiger partial charge in [0, 0.05) is 18.5 Å². The van der Waals surface area contributed by atoms with Gasteiger partial charge >= 0.3 is 0 Å². The highest BCUT2D eigenvalue weighted by Crippen LogP contribution is 2.44. The van der Waals surface area contributed by atoms with Crippen molar-refractivity contribution in [1.29, 1.82) is 0 Å². The first kappa shape index (κ1) is 23.0. The molecule has 0 unspecified atom stereocenters. The van der Waals surface area contributed by atoms with Crippen molar-refractivity contribution in [2.75, 3.05) is 0 Å². The van der Waals surface area contributed by atoms with Crippen LogP contribution < -0.4 is 5.32 Å². The molecule has 4 aromatic carbocycles. The summed E-state index contributed by atoms with van der Waals surface area (Å²) in [6, 6.07) is 43.1. The minimum Gasteiger partial charge on any atom is -0.309 e. The molecule has 4 aromatic rings. The van der Waals surface area contributed by atoms with Gasteiger partial charge in [-0.3, -0.25) is 0 Å². The topological polar surface area (TPSA) is 12.0 Å². The maximum Gasteiger partial charge on any atom is 0.0208 e. The number of rotatable bonds is 6. The van der Waals surface area contributed by atoms with Crippen LogP contribution in [0.15, 0.2) is 121 Å². The Bertz CT molecular complexity index is 956. The number of hydrogen-bond acceptors (Lipinski definition) is 1. The van der Waals surface area contributed by atoms with Gasteiger partial charge < -0.3 is 5.32 Å². The lowest BCUT2D eigenvalue weighted by atomic mass is 9.65. The van der Waals surface area contributed by atoms with Crippen molar-refractivity contribution in [2.45, 2.75) is 50.6 Å². The van der Waals surface area contributed by atoms with E-state index in [0.717, 1.165) is 13.1 Å². The molecule has 1 aliphatic rings. The molecule has 0 aromatic heterocycles. The van der Waals surface area contributed by atoms with Crippen LogP contribution in [-0.2, 0) is 18.5 Å². The summed E-state index contributed by atoms with van der Waals surface area (Å²) in [5.41, 5.74) is 5.91. The lowest BCUT2D eigenvalue weighted by Gasteiger charge is -2.38. The Morgan fingerprint density at radius 3 is 1.21 bits per heavy atom. The molecule has 0 bridgehead atoms. The standard InChI is InChI=1S/C18H20.C14H15N/c1-4-10-16(11-5-1)18(14-8-3-9-15-18)17-12-6-2-7-13-17;1-3-7-13(8-4-1)11-15-12-14-9-5-2-6-10-14/h1-2,4-7,10-13H,3,8-9,14-15H2;1-10,15H,11-12H2. The zero-order valence-electron chi connectivity index (χ0n) is 19.5. The second-order valence-corrected chi connectivity index (χ2v) is 8.95. The first-order chi connectivity index (χ1) is 16.4. The maximum atomic E-state index is 3.42. The molecule has 1 saturated carbocycles. The van der Waals surface area contributed by atoms with E-state index in [2.05, 4.69) is 115 Å². The minimum absolute atomic E-state index is 0.265. The molecular weight excluding hydrogens is 398 g/mol. The van der Waals surface area contributed by atoms with Crippen molar-refractivity contribution in [1.82, 2.24) is 5.32 Å². The van der Waals surface area contributed by atoms with Gasteiger partial charge in [-0.15, -0.1) is 0 Å². The van der Waals surface area contributed by atoms with Gasteiger partial charge in [0.15, 0.2) is 0 Å². The Hall–Kier alpha value is -3.16. The molecule has 33 heavy (non-hydrogen) atoms. The van der Waals surface area contributed by atoms with Crippen molar-refractivity contribution >= 4 is 0 Å². The molecule has 0 spiro atoms. The Morgan fingerprint density at radius 2 is 0.818 bits per heavy atom. The van der Waals surface area contributed by atoms with Crippen molar-refractivity contribution < 1.29 is 0 Å². The average molecular weight is 434 g/mol. The van der Waals surface area contributed by atoms with Crippen LogP contribution in [0.1, 0.15) is 54.4 Å². The number of hydrogen-bond donors (Lipinski definition) is 1. The monoisotopic (exact) mass is 433 g/mol. The van der Waals surface area contributed by atoms with E-state index in [1.165, 1.54) is 54.4 Å². The normalized spacial score (nSPS) is 14.7. The largest absolute Gasteiger partial charge is 0.309 e. The van der Waals surface area contributed by atoms with E-state index in [-0.39, 0.29) is 5.41 Å². The number of benzene rings is 4.